The monoisotopic (exact) mass is 388 g/mol. The minimum absolute atomic E-state index is 0.151. The van der Waals surface area contributed by atoms with Crippen LogP contribution in [0.4, 0.5) is 0 Å². The minimum atomic E-state index is -0.151. The van der Waals surface area contributed by atoms with Gasteiger partial charge in [-0.3, -0.25) is 15.0 Å². The van der Waals surface area contributed by atoms with Crippen LogP contribution in [-0.2, 0) is 11.2 Å². The molecule has 0 aromatic heterocycles. The molecule has 5 rings (SSSR count). The molecule has 148 valence electrons. The van der Waals surface area contributed by atoms with Crippen molar-refractivity contribution in [1.82, 2.24) is 15.1 Å². The van der Waals surface area contributed by atoms with Crippen LogP contribution in [0, 0.1) is 0 Å². The lowest BCUT2D eigenvalue weighted by Gasteiger charge is -2.34. The Morgan fingerprint density at radius 2 is 1.83 bits per heavy atom. The Balaban J connectivity index is 1.34. The second-order valence-corrected chi connectivity index (χ2v) is 7.72. The Morgan fingerprint density at radius 1 is 1.03 bits per heavy atom. The third kappa shape index (κ3) is 3.45. The van der Waals surface area contributed by atoms with Crippen molar-refractivity contribution in [3.05, 3.63) is 64.9 Å². The van der Waals surface area contributed by atoms with Crippen LogP contribution < -0.4 is 5.32 Å². The lowest BCUT2D eigenvalue weighted by atomic mass is 10.0. The second-order valence-electron chi connectivity index (χ2n) is 7.72. The van der Waals surface area contributed by atoms with E-state index < -0.39 is 0 Å². The SMILES string of the molecule is O=C1NC(N2CCN(CCO)CC2)=NC1=Cc1ccc2c(c1)Cc1ccccc1-2. The molecule has 0 bridgehead atoms. The first-order chi connectivity index (χ1) is 14.2. The number of nitrogens with zero attached hydrogens (tertiary/aromatic N) is 3. The van der Waals surface area contributed by atoms with Crippen molar-refractivity contribution in [2.24, 2.45) is 4.99 Å². The quantitative estimate of drug-likeness (QED) is 0.670. The number of guanidine groups is 1. The molecule has 2 aromatic carbocycles. The fourth-order valence-electron chi connectivity index (χ4n) is 4.34. The van der Waals surface area contributed by atoms with Gasteiger partial charge in [-0.25, -0.2) is 4.99 Å². The van der Waals surface area contributed by atoms with Crippen molar-refractivity contribution in [2.45, 2.75) is 6.42 Å². The number of carbonyl (C=O) groups is 1. The van der Waals surface area contributed by atoms with Gasteiger partial charge in [-0.05, 0) is 40.3 Å². The number of piperazine rings is 1. The highest BCUT2D eigenvalue weighted by Gasteiger charge is 2.27. The maximum atomic E-state index is 12.4. The summed E-state index contributed by atoms with van der Waals surface area (Å²) in [5.41, 5.74) is 6.69. The Morgan fingerprint density at radius 3 is 2.66 bits per heavy atom. The molecule has 0 atom stereocenters. The average Bonchev–Trinajstić information content (AvgIpc) is 3.29. The van der Waals surface area contributed by atoms with E-state index in [1.54, 1.807) is 0 Å². The highest BCUT2D eigenvalue weighted by molar-refractivity contribution is 6.13. The number of β-amino-alcohol motifs (C(OH)–C–C–N with tert-alkyl or cyclic N) is 1. The molecule has 0 saturated carbocycles. The van der Waals surface area contributed by atoms with Gasteiger partial charge in [0.25, 0.3) is 5.91 Å². The fourth-order valence-corrected chi connectivity index (χ4v) is 4.34. The summed E-state index contributed by atoms with van der Waals surface area (Å²) in [6.07, 6.45) is 2.80. The zero-order valence-corrected chi connectivity index (χ0v) is 16.3. The number of aliphatic imine (C=N–C) groups is 1. The van der Waals surface area contributed by atoms with Crippen molar-refractivity contribution < 1.29 is 9.90 Å². The van der Waals surface area contributed by atoms with Crippen LogP contribution in [0.3, 0.4) is 0 Å². The normalized spacial score (nSPS) is 19.9. The zero-order valence-electron chi connectivity index (χ0n) is 16.3. The Labute approximate surface area is 170 Å². The van der Waals surface area contributed by atoms with Gasteiger partial charge in [0, 0.05) is 32.7 Å². The largest absolute Gasteiger partial charge is 0.395 e. The number of amides is 1. The van der Waals surface area contributed by atoms with Crippen LogP contribution in [0.25, 0.3) is 17.2 Å². The Kier molecular flexibility index (Phi) is 4.66. The van der Waals surface area contributed by atoms with Gasteiger partial charge in [0.2, 0.25) is 5.96 Å². The number of benzene rings is 2. The molecule has 1 saturated heterocycles. The smallest absolute Gasteiger partial charge is 0.276 e. The Hall–Kier alpha value is -2.96. The first kappa shape index (κ1) is 18.1. The topological polar surface area (TPSA) is 68.2 Å². The third-order valence-corrected chi connectivity index (χ3v) is 5.89. The predicted molar refractivity (Wildman–Crippen MR) is 113 cm³/mol. The minimum Gasteiger partial charge on any atom is -0.395 e. The third-order valence-electron chi connectivity index (χ3n) is 5.89. The van der Waals surface area contributed by atoms with Gasteiger partial charge in [0.1, 0.15) is 5.70 Å². The molecule has 2 N–H and O–H groups in total. The summed E-state index contributed by atoms with van der Waals surface area (Å²) in [6, 6.07) is 14.9. The molecule has 0 radical (unpaired) electrons. The number of rotatable bonds is 3. The molecule has 3 aliphatic rings. The summed E-state index contributed by atoms with van der Waals surface area (Å²) in [7, 11) is 0. The Bertz CT molecular complexity index is 1020. The van der Waals surface area contributed by atoms with Crippen LogP contribution in [0.1, 0.15) is 16.7 Å². The highest BCUT2D eigenvalue weighted by atomic mass is 16.3. The number of hydrogen-bond acceptors (Lipinski definition) is 5. The van der Waals surface area contributed by atoms with Crippen molar-refractivity contribution in [3.63, 3.8) is 0 Å². The molecule has 1 amide bonds. The molecule has 1 aliphatic carbocycles. The van der Waals surface area contributed by atoms with E-state index in [1.807, 2.05) is 6.08 Å². The van der Waals surface area contributed by atoms with Gasteiger partial charge in [-0.2, -0.15) is 0 Å². The summed E-state index contributed by atoms with van der Waals surface area (Å²) in [5, 5.41) is 12.0. The molecule has 0 unspecified atom stereocenters. The van der Waals surface area contributed by atoms with Crippen molar-refractivity contribution >= 4 is 17.9 Å². The van der Waals surface area contributed by atoms with E-state index in [0.717, 1.165) is 38.2 Å². The van der Waals surface area contributed by atoms with Gasteiger partial charge in [-0.1, -0.05) is 42.5 Å². The molecule has 2 aromatic rings. The van der Waals surface area contributed by atoms with E-state index in [9.17, 15) is 4.79 Å². The molecule has 6 heteroatoms. The number of aliphatic hydroxyl groups is 1. The standard InChI is InChI=1S/C23H24N4O2/c28-12-11-26-7-9-27(10-8-26)23-24-21(22(29)25-23)14-16-5-6-20-18(13-16)15-17-3-1-2-4-19(17)20/h1-6,13-14,28H,7-12,15H2,(H,24,25,29). The van der Waals surface area contributed by atoms with Gasteiger partial charge in [-0.15, -0.1) is 0 Å². The molecule has 1 fully saturated rings. The van der Waals surface area contributed by atoms with Crippen molar-refractivity contribution in [3.8, 4) is 11.1 Å². The van der Waals surface area contributed by atoms with E-state index >= 15 is 0 Å². The number of carbonyl (C=O) groups excluding carboxylic acids is 1. The second kappa shape index (κ2) is 7.46. The van der Waals surface area contributed by atoms with Crippen molar-refractivity contribution in [2.75, 3.05) is 39.3 Å². The van der Waals surface area contributed by atoms with E-state index in [1.165, 1.54) is 22.3 Å². The van der Waals surface area contributed by atoms with E-state index in [4.69, 9.17) is 5.11 Å². The molecule has 0 spiro atoms. The maximum absolute atomic E-state index is 12.4. The maximum Gasteiger partial charge on any atom is 0.276 e. The number of nitrogens with one attached hydrogen (secondary N) is 1. The summed E-state index contributed by atoms with van der Waals surface area (Å²) >= 11 is 0. The lowest BCUT2D eigenvalue weighted by molar-refractivity contribution is -0.115. The van der Waals surface area contributed by atoms with Crippen LogP contribution in [-0.4, -0.2) is 66.1 Å². The van der Waals surface area contributed by atoms with E-state index in [-0.39, 0.29) is 12.5 Å². The molecule has 6 nitrogen and oxygen atoms in total. The predicted octanol–water partition coefficient (Wildman–Crippen LogP) is 1.69. The van der Waals surface area contributed by atoms with Crippen LogP contribution in [0.2, 0.25) is 0 Å². The first-order valence-electron chi connectivity index (χ1n) is 10.1. The van der Waals surface area contributed by atoms with Gasteiger partial charge < -0.3 is 10.0 Å². The van der Waals surface area contributed by atoms with Crippen LogP contribution >= 0.6 is 0 Å². The average molecular weight is 388 g/mol. The van der Waals surface area contributed by atoms with Gasteiger partial charge in [0.15, 0.2) is 0 Å². The summed E-state index contributed by atoms with van der Waals surface area (Å²) in [5.74, 6) is 0.486. The van der Waals surface area contributed by atoms with Crippen LogP contribution in [0.5, 0.6) is 0 Å². The van der Waals surface area contributed by atoms with Gasteiger partial charge >= 0.3 is 0 Å². The van der Waals surface area contributed by atoms with E-state index in [0.29, 0.717) is 18.2 Å². The molecular formula is C23H24N4O2. The van der Waals surface area contributed by atoms with Crippen molar-refractivity contribution in [1.29, 1.82) is 0 Å². The fraction of sp³-hybridized carbons (Fsp3) is 0.304. The van der Waals surface area contributed by atoms with E-state index in [2.05, 4.69) is 62.6 Å². The highest BCUT2D eigenvalue weighted by Crippen LogP contribution is 2.37. The molecular weight excluding hydrogens is 364 g/mol. The van der Waals surface area contributed by atoms with Crippen LogP contribution in [0.15, 0.2) is 53.2 Å². The zero-order chi connectivity index (χ0) is 19.8. The molecule has 29 heavy (non-hydrogen) atoms. The summed E-state index contributed by atoms with van der Waals surface area (Å²) in [6.45, 7) is 4.18. The summed E-state index contributed by atoms with van der Waals surface area (Å²) in [4.78, 5) is 21.3. The number of aliphatic hydroxyl groups excluding tert-OH is 1. The summed E-state index contributed by atoms with van der Waals surface area (Å²) < 4.78 is 0. The molecule has 2 heterocycles. The lowest BCUT2D eigenvalue weighted by Crippen LogP contribution is -2.52. The van der Waals surface area contributed by atoms with Gasteiger partial charge in [0.05, 0.1) is 6.61 Å². The number of fused-ring (bicyclic) bond motifs is 3. The molecule has 2 aliphatic heterocycles. The first-order valence-corrected chi connectivity index (χ1v) is 10.1. The number of hydrogen-bond donors (Lipinski definition) is 2.